The normalized spacial score (nSPS) is 12.8. The number of aromatic nitrogens is 2. The molecule has 146 valence electrons. The summed E-state index contributed by atoms with van der Waals surface area (Å²) < 4.78 is 33.3. The van der Waals surface area contributed by atoms with Gasteiger partial charge < -0.3 is 4.52 Å². The van der Waals surface area contributed by atoms with E-state index in [1.807, 2.05) is 44.2 Å². The van der Waals surface area contributed by atoms with Crippen LogP contribution >= 0.6 is 0 Å². The second-order valence-electron chi connectivity index (χ2n) is 6.42. The first-order valence-corrected chi connectivity index (χ1v) is 9.92. The molecule has 0 aliphatic heterocycles. The van der Waals surface area contributed by atoms with Gasteiger partial charge in [0.25, 0.3) is 5.69 Å². The molecule has 3 aromatic rings. The molecule has 0 fully saturated rings. The van der Waals surface area contributed by atoms with Crippen LogP contribution in [0.3, 0.4) is 0 Å². The van der Waals surface area contributed by atoms with Crippen molar-refractivity contribution in [1.82, 2.24) is 14.9 Å². The van der Waals surface area contributed by atoms with Crippen LogP contribution in [-0.4, -0.2) is 23.5 Å². The monoisotopic (exact) mass is 402 g/mol. The van der Waals surface area contributed by atoms with Crippen LogP contribution in [0.1, 0.15) is 25.8 Å². The third kappa shape index (κ3) is 4.24. The molecule has 0 radical (unpaired) electrons. The number of nitro benzene ring substituents is 1. The first kappa shape index (κ1) is 19.6. The average molecular weight is 402 g/mol. The number of hydrogen-bond donors (Lipinski definition) is 1. The molecule has 10 heteroatoms. The van der Waals surface area contributed by atoms with Crippen molar-refractivity contribution in [2.45, 2.75) is 24.8 Å². The van der Waals surface area contributed by atoms with Crippen molar-refractivity contribution in [3.8, 4) is 11.4 Å². The molecule has 0 amide bonds. The molecule has 0 saturated carbocycles. The molecule has 1 N–H and O–H groups in total. The number of nitro groups is 1. The van der Waals surface area contributed by atoms with Crippen molar-refractivity contribution < 1.29 is 17.9 Å². The van der Waals surface area contributed by atoms with Gasteiger partial charge in [-0.25, -0.2) is 8.42 Å². The highest BCUT2D eigenvalue weighted by Gasteiger charge is 2.29. The molecule has 0 aliphatic carbocycles. The Morgan fingerprint density at radius 3 is 2.29 bits per heavy atom. The van der Waals surface area contributed by atoms with Crippen molar-refractivity contribution in [1.29, 1.82) is 0 Å². The first-order chi connectivity index (χ1) is 13.3. The van der Waals surface area contributed by atoms with E-state index < -0.39 is 21.0 Å². The molecule has 1 atom stereocenters. The zero-order chi connectivity index (χ0) is 20.3. The lowest BCUT2D eigenvalue weighted by atomic mass is 10.1. The summed E-state index contributed by atoms with van der Waals surface area (Å²) in [5, 5.41) is 14.7. The zero-order valence-corrected chi connectivity index (χ0v) is 16.0. The van der Waals surface area contributed by atoms with E-state index in [0.29, 0.717) is 5.82 Å². The van der Waals surface area contributed by atoms with Crippen molar-refractivity contribution in [3.63, 3.8) is 0 Å². The number of non-ortho nitro benzene ring substituents is 1. The predicted octanol–water partition coefficient (Wildman–Crippen LogP) is 3.32. The van der Waals surface area contributed by atoms with Crippen LogP contribution in [-0.2, 0) is 10.0 Å². The van der Waals surface area contributed by atoms with Gasteiger partial charge in [-0.2, -0.15) is 9.71 Å². The van der Waals surface area contributed by atoms with Gasteiger partial charge in [-0.05, 0) is 18.1 Å². The maximum Gasteiger partial charge on any atom is 0.269 e. The Balaban J connectivity index is 1.87. The summed E-state index contributed by atoms with van der Waals surface area (Å²) in [5.41, 5.74) is 0.557. The van der Waals surface area contributed by atoms with Gasteiger partial charge in [-0.15, -0.1) is 0 Å². The Hall–Kier alpha value is -3.11. The average Bonchev–Trinajstić information content (AvgIpc) is 3.16. The van der Waals surface area contributed by atoms with E-state index in [1.54, 1.807) is 0 Å². The molecule has 0 saturated heterocycles. The van der Waals surface area contributed by atoms with Gasteiger partial charge in [0.2, 0.25) is 21.7 Å². The SMILES string of the molecule is CC(C)C(NS(=O)(=O)c1ccc([N+](=O)[O-])cc1)c1nc(-c2ccccc2)no1. The smallest absolute Gasteiger partial charge is 0.269 e. The van der Waals surface area contributed by atoms with Crippen LogP contribution in [0.25, 0.3) is 11.4 Å². The lowest BCUT2D eigenvalue weighted by molar-refractivity contribution is -0.384. The highest BCUT2D eigenvalue weighted by molar-refractivity contribution is 7.89. The number of nitrogens with zero attached hydrogens (tertiary/aromatic N) is 3. The van der Waals surface area contributed by atoms with E-state index >= 15 is 0 Å². The maximum atomic E-state index is 12.7. The van der Waals surface area contributed by atoms with E-state index in [2.05, 4.69) is 14.9 Å². The molecule has 1 unspecified atom stereocenters. The maximum absolute atomic E-state index is 12.7. The molecule has 9 nitrogen and oxygen atoms in total. The van der Waals surface area contributed by atoms with E-state index in [9.17, 15) is 18.5 Å². The number of nitrogens with one attached hydrogen (secondary N) is 1. The second-order valence-corrected chi connectivity index (χ2v) is 8.13. The van der Waals surface area contributed by atoms with Crippen molar-refractivity contribution in [3.05, 3.63) is 70.6 Å². The van der Waals surface area contributed by atoms with Gasteiger partial charge in [-0.3, -0.25) is 10.1 Å². The fraction of sp³-hybridized carbons (Fsp3) is 0.222. The van der Waals surface area contributed by atoms with Gasteiger partial charge in [0.1, 0.15) is 6.04 Å². The molecule has 0 spiro atoms. The lowest BCUT2D eigenvalue weighted by Crippen LogP contribution is -2.32. The fourth-order valence-electron chi connectivity index (χ4n) is 2.52. The largest absolute Gasteiger partial charge is 0.337 e. The topological polar surface area (TPSA) is 128 Å². The van der Waals surface area contributed by atoms with Crippen LogP contribution < -0.4 is 4.72 Å². The third-order valence-electron chi connectivity index (χ3n) is 4.05. The Bertz CT molecular complexity index is 1060. The van der Waals surface area contributed by atoms with Crippen molar-refractivity contribution in [2.75, 3.05) is 0 Å². The molecule has 28 heavy (non-hydrogen) atoms. The Kier molecular flexibility index (Phi) is 5.52. The van der Waals surface area contributed by atoms with E-state index in [4.69, 9.17) is 4.52 Å². The van der Waals surface area contributed by atoms with Crippen LogP contribution in [0.5, 0.6) is 0 Å². The predicted molar refractivity (Wildman–Crippen MR) is 101 cm³/mol. The number of hydrogen-bond acceptors (Lipinski definition) is 7. The van der Waals surface area contributed by atoms with Crippen molar-refractivity contribution >= 4 is 15.7 Å². The summed E-state index contributed by atoms with van der Waals surface area (Å²) in [6, 6.07) is 13.1. The fourth-order valence-corrected chi connectivity index (χ4v) is 3.86. The second kappa shape index (κ2) is 7.87. The molecule has 1 heterocycles. The molecule has 3 rings (SSSR count). The lowest BCUT2D eigenvalue weighted by Gasteiger charge is -2.18. The molecule has 0 bridgehead atoms. The van der Waals surface area contributed by atoms with Gasteiger partial charge in [0.15, 0.2) is 0 Å². The zero-order valence-electron chi connectivity index (χ0n) is 15.1. The van der Waals surface area contributed by atoms with Gasteiger partial charge in [0.05, 0.1) is 9.82 Å². The van der Waals surface area contributed by atoms with Crippen LogP contribution in [0.2, 0.25) is 0 Å². The van der Waals surface area contributed by atoms with Gasteiger partial charge in [-0.1, -0.05) is 49.3 Å². The van der Waals surface area contributed by atoms with Crippen LogP contribution in [0.15, 0.2) is 64.0 Å². The summed E-state index contributed by atoms with van der Waals surface area (Å²) in [6.45, 7) is 3.63. The highest BCUT2D eigenvalue weighted by atomic mass is 32.2. The summed E-state index contributed by atoms with van der Waals surface area (Å²) in [4.78, 5) is 14.4. The molecule has 0 aliphatic rings. The number of rotatable bonds is 7. The standard InChI is InChI=1S/C18H18N4O5S/c1-12(2)16(18-19-17(20-27-18)13-6-4-3-5-7-13)21-28(25,26)15-10-8-14(9-11-15)22(23)24/h3-12,16,21H,1-2H3. The van der Waals surface area contributed by atoms with Gasteiger partial charge >= 0.3 is 0 Å². The summed E-state index contributed by atoms with van der Waals surface area (Å²) in [7, 11) is -3.95. The van der Waals surface area contributed by atoms with Crippen LogP contribution in [0, 0.1) is 16.0 Å². The van der Waals surface area contributed by atoms with E-state index in [0.717, 1.165) is 17.7 Å². The number of benzene rings is 2. The van der Waals surface area contributed by atoms with Gasteiger partial charge in [0, 0.05) is 17.7 Å². The molecular formula is C18H18N4O5S. The molecular weight excluding hydrogens is 384 g/mol. The highest BCUT2D eigenvalue weighted by Crippen LogP contribution is 2.26. The van der Waals surface area contributed by atoms with E-state index in [-0.39, 0.29) is 22.4 Å². The third-order valence-corrected chi connectivity index (χ3v) is 5.50. The minimum Gasteiger partial charge on any atom is -0.337 e. The quantitative estimate of drug-likeness (QED) is 0.474. The summed E-state index contributed by atoms with van der Waals surface area (Å²) >= 11 is 0. The minimum absolute atomic E-state index is 0.0912. The van der Waals surface area contributed by atoms with Crippen molar-refractivity contribution in [2.24, 2.45) is 5.92 Å². The minimum atomic E-state index is -3.95. The summed E-state index contributed by atoms with van der Waals surface area (Å²) in [5.74, 6) is 0.312. The molecule has 2 aromatic carbocycles. The molecule has 1 aromatic heterocycles. The number of sulfonamides is 1. The first-order valence-electron chi connectivity index (χ1n) is 8.44. The Morgan fingerprint density at radius 1 is 1.07 bits per heavy atom. The Labute approximate surface area is 161 Å². The van der Waals surface area contributed by atoms with E-state index in [1.165, 1.54) is 12.1 Å². The summed E-state index contributed by atoms with van der Waals surface area (Å²) in [6.07, 6.45) is 0. The Morgan fingerprint density at radius 2 is 1.71 bits per heavy atom. The van der Waals surface area contributed by atoms with Crippen LogP contribution in [0.4, 0.5) is 5.69 Å².